The van der Waals surface area contributed by atoms with E-state index in [2.05, 4.69) is 41.3 Å². The number of halogens is 2. The highest BCUT2D eigenvalue weighted by Crippen LogP contribution is 2.22. The molecule has 1 aromatic heterocycles. The van der Waals surface area contributed by atoms with Crippen molar-refractivity contribution in [3.63, 3.8) is 0 Å². The highest BCUT2D eigenvalue weighted by molar-refractivity contribution is 9.10. The number of carbonyl (C=O) groups excluding carboxylic acids is 2. The van der Waals surface area contributed by atoms with Crippen LogP contribution in [0.4, 0.5) is 11.5 Å². The van der Waals surface area contributed by atoms with Gasteiger partial charge in [0.15, 0.2) is 5.82 Å². The maximum absolute atomic E-state index is 13.3. The number of nitrogens with one attached hydrogen (secondary N) is 3. The predicted octanol–water partition coefficient (Wildman–Crippen LogP) is 5.12. The third-order valence-corrected chi connectivity index (χ3v) is 7.76. The number of hydrogen-bond donors (Lipinski definition) is 3. The number of benzene rings is 3. The van der Waals surface area contributed by atoms with Gasteiger partial charge in [-0.15, -0.1) is 0 Å². The van der Waals surface area contributed by atoms with Gasteiger partial charge in [0.1, 0.15) is 5.70 Å². The predicted molar refractivity (Wildman–Crippen MR) is 162 cm³/mol. The quantitative estimate of drug-likeness (QED) is 0.197. The first-order chi connectivity index (χ1) is 20.1. The van der Waals surface area contributed by atoms with E-state index >= 15 is 0 Å². The molecule has 1 heterocycles. The summed E-state index contributed by atoms with van der Waals surface area (Å²) in [5.41, 5.74) is 1.05. The number of anilines is 2. The van der Waals surface area contributed by atoms with Crippen molar-refractivity contribution >= 4 is 66.9 Å². The zero-order chi connectivity index (χ0) is 30.3. The lowest BCUT2D eigenvalue weighted by molar-refractivity contribution is -0.113. The van der Waals surface area contributed by atoms with Gasteiger partial charge in [0, 0.05) is 16.2 Å². The normalized spacial score (nSPS) is 11.4. The first-order valence-corrected chi connectivity index (χ1v) is 14.7. The fourth-order valence-corrected chi connectivity index (χ4v) is 4.96. The molecule has 0 spiro atoms. The van der Waals surface area contributed by atoms with Gasteiger partial charge in [-0.2, -0.15) is 9.97 Å². The van der Waals surface area contributed by atoms with Crippen molar-refractivity contribution in [3.8, 4) is 11.9 Å². The molecule has 11 nitrogen and oxygen atoms in total. The van der Waals surface area contributed by atoms with Crippen molar-refractivity contribution in [2.24, 2.45) is 0 Å². The van der Waals surface area contributed by atoms with E-state index in [1.807, 2.05) is 0 Å². The van der Waals surface area contributed by atoms with Gasteiger partial charge in [0.25, 0.3) is 21.8 Å². The van der Waals surface area contributed by atoms with Crippen LogP contribution in [0.2, 0.25) is 5.02 Å². The molecule has 0 fully saturated rings. The molecule has 3 aromatic carbocycles. The molecule has 4 rings (SSSR count). The lowest BCUT2D eigenvalue weighted by Gasteiger charge is -2.13. The van der Waals surface area contributed by atoms with E-state index in [-0.39, 0.29) is 44.6 Å². The summed E-state index contributed by atoms with van der Waals surface area (Å²) in [6.07, 6.45) is 1.50. The summed E-state index contributed by atoms with van der Waals surface area (Å²) < 4.78 is 39.1. The van der Waals surface area contributed by atoms with Crippen LogP contribution in [0.15, 0.2) is 93.9 Å². The molecule has 0 aliphatic rings. The molecule has 0 atom stereocenters. The van der Waals surface area contributed by atoms with Crippen molar-refractivity contribution in [1.82, 2.24) is 15.3 Å². The molecule has 2 amide bonds. The monoisotopic (exact) mass is 671 g/mol. The molecule has 216 valence electrons. The van der Waals surface area contributed by atoms with Gasteiger partial charge < -0.3 is 20.1 Å². The van der Waals surface area contributed by atoms with Crippen LogP contribution >= 0.6 is 27.5 Å². The number of nitrogens with zero attached hydrogens (tertiary/aromatic N) is 2. The second-order valence-corrected chi connectivity index (χ2v) is 11.4. The van der Waals surface area contributed by atoms with E-state index in [0.717, 1.165) is 4.47 Å². The molecule has 14 heteroatoms. The third-order valence-electron chi connectivity index (χ3n) is 5.53. The zero-order valence-electron chi connectivity index (χ0n) is 22.1. The molecule has 0 saturated carbocycles. The van der Waals surface area contributed by atoms with Crippen LogP contribution in [0, 0.1) is 0 Å². The van der Waals surface area contributed by atoms with E-state index in [1.165, 1.54) is 56.7 Å². The second kappa shape index (κ2) is 13.5. The van der Waals surface area contributed by atoms with E-state index in [9.17, 15) is 18.0 Å². The topological polar surface area (TPSA) is 149 Å². The number of rotatable bonds is 10. The van der Waals surface area contributed by atoms with Crippen LogP contribution in [0.1, 0.15) is 15.9 Å². The summed E-state index contributed by atoms with van der Waals surface area (Å²) in [6, 6.07) is 20.2. The smallest absolute Gasteiger partial charge is 0.321 e. The van der Waals surface area contributed by atoms with Gasteiger partial charge in [-0.1, -0.05) is 51.8 Å². The second-order valence-electron chi connectivity index (χ2n) is 8.41. The number of hydrogen-bond acceptors (Lipinski definition) is 8. The number of aromatic nitrogens is 2. The summed E-state index contributed by atoms with van der Waals surface area (Å²) in [5.74, 6) is -1.18. The largest absolute Gasteiger partial charge is 0.481 e. The summed E-state index contributed by atoms with van der Waals surface area (Å²) in [4.78, 5) is 34.0. The fourth-order valence-electron chi connectivity index (χ4n) is 3.48. The van der Waals surface area contributed by atoms with E-state index in [0.29, 0.717) is 5.56 Å². The summed E-state index contributed by atoms with van der Waals surface area (Å²) in [6.45, 7) is 0. The number of ether oxygens (including phenoxy) is 2. The maximum atomic E-state index is 13.3. The van der Waals surface area contributed by atoms with Crippen molar-refractivity contribution in [1.29, 1.82) is 0 Å². The number of carbonyl (C=O) groups is 2. The summed E-state index contributed by atoms with van der Waals surface area (Å²) >= 11 is 9.53. The average Bonchev–Trinajstić information content (AvgIpc) is 2.97. The van der Waals surface area contributed by atoms with Crippen LogP contribution in [0.5, 0.6) is 11.9 Å². The molecular formula is C28H23BrClN5O6S. The van der Waals surface area contributed by atoms with Crippen LogP contribution in [-0.2, 0) is 14.8 Å². The number of sulfonamides is 1. The minimum absolute atomic E-state index is 0.0620. The van der Waals surface area contributed by atoms with Crippen LogP contribution in [-0.4, -0.2) is 44.4 Å². The van der Waals surface area contributed by atoms with Crippen LogP contribution in [0.3, 0.4) is 0 Å². The lowest BCUT2D eigenvalue weighted by Crippen LogP contribution is -2.31. The van der Waals surface area contributed by atoms with Gasteiger partial charge >= 0.3 is 6.01 Å². The molecule has 0 aliphatic carbocycles. The molecule has 42 heavy (non-hydrogen) atoms. The Kier molecular flexibility index (Phi) is 9.78. The Morgan fingerprint density at radius 1 is 0.929 bits per heavy atom. The standard InChI is InChI=1S/C28H23BrClN5O6S/c1-40-25-16-24(33-28(34-25)41-2)35-42(38,39)20-13-11-19(12-14-20)31-27(37)23(15-17-7-9-18(29)10-8-17)32-26(36)21-5-3-4-6-22(21)30/h3-16H,1-2H3,(H,31,37)(H,32,36)(H,33,34,35). The molecule has 0 unspecified atom stereocenters. The Labute approximate surface area is 255 Å². The number of amides is 2. The van der Waals surface area contributed by atoms with Gasteiger partial charge in [-0.05, 0) is 60.2 Å². The highest BCUT2D eigenvalue weighted by Gasteiger charge is 2.19. The number of methoxy groups -OCH3 is 2. The van der Waals surface area contributed by atoms with Crippen molar-refractivity contribution in [2.75, 3.05) is 24.3 Å². The molecule has 0 bridgehead atoms. The highest BCUT2D eigenvalue weighted by atomic mass is 79.9. The molecule has 0 aliphatic heterocycles. The maximum Gasteiger partial charge on any atom is 0.321 e. The lowest BCUT2D eigenvalue weighted by atomic mass is 10.1. The molecular weight excluding hydrogens is 650 g/mol. The molecule has 0 radical (unpaired) electrons. The van der Waals surface area contributed by atoms with Crippen LogP contribution in [0.25, 0.3) is 6.08 Å². The first-order valence-electron chi connectivity index (χ1n) is 12.0. The minimum atomic E-state index is -4.07. The van der Waals surface area contributed by atoms with Gasteiger partial charge in [0.05, 0.1) is 29.7 Å². The van der Waals surface area contributed by atoms with E-state index in [4.69, 9.17) is 21.1 Å². The van der Waals surface area contributed by atoms with E-state index in [1.54, 1.807) is 42.5 Å². The van der Waals surface area contributed by atoms with Gasteiger partial charge in [-0.3, -0.25) is 14.3 Å². The molecule has 0 saturated heterocycles. The Bertz CT molecular complexity index is 1730. The van der Waals surface area contributed by atoms with Crippen molar-refractivity contribution in [2.45, 2.75) is 4.90 Å². The van der Waals surface area contributed by atoms with E-state index < -0.39 is 21.8 Å². The zero-order valence-corrected chi connectivity index (χ0v) is 25.2. The first kappa shape index (κ1) is 30.5. The minimum Gasteiger partial charge on any atom is -0.481 e. The van der Waals surface area contributed by atoms with Crippen molar-refractivity contribution < 1.29 is 27.5 Å². The van der Waals surface area contributed by atoms with Gasteiger partial charge in [-0.25, -0.2) is 8.42 Å². The van der Waals surface area contributed by atoms with Crippen LogP contribution < -0.4 is 24.8 Å². The molecule has 4 aromatic rings. The SMILES string of the molecule is COc1cc(NS(=O)(=O)c2ccc(NC(=O)C(=Cc3ccc(Br)cc3)NC(=O)c3ccccc3Cl)cc2)nc(OC)n1. The summed E-state index contributed by atoms with van der Waals surface area (Å²) in [7, 11) is -1.36. The Hall–Kier alpha value is -4.46. The Balaban J connectivity index is 1.54. The molecule has 3 N–H and O–H groups in total. The summed E-state index contributed by atoms with van der Waals surface area (Å²) in [5, 5.41) is 5.51. The average molecular weight is 673 g/mol. The Morgan fingerprint density at radius 3 is 2.26 bits per heavy atom. The Morgan fingerprint density at radius 2 is 1.62 bits per heavy atom. The van der Waals surface area contributed by atoms with Crippen molar-refractivity contribution in [3.05, 3.63) is 105 Å². The third kappa shape index (κ3) is 7.84. The van der Waals surface area contributed by atoms with Gasteiger partial charge in [0.2, 0.25) is 5.88 Å². The fraction of sp³-hybridized carbons (Fsp3) is 0.0714.